The molecule has 2 nitrogen and oxygen atoms in total. The number of hydrogen-bond donors (Lipinski definition) is 0. The first-order valence-corrected chi connectivity index (χ1v) is 11.1. The van der Waals surface area contributed by atoms with Gasteiger partial charge < -0.3 is 0 Å². The van der Waals surface area contributed by atoms with E-state index in [0.717, 1.165) is 5.75 Å². The summed E-state index contributed by atoms with van der Waals surface area (Å²) in [6, 6.07) is 7.74. The number of carbonyl (C=O) groups excluding carboxylic acids is 1. The Morgan fingerprint density at radius 1 is 1.31 bits per heavy atom. The Morgan fingerprint density at radius 2 is 1.88 bits per heavy atom. The Hall–Kier alpha value is 0.309. The van der Waals surface area contributed by atoms with E-state index in [1.807, 2.05) is 24.3 Å². The van der Waals surface area contributed by atoms with Crippen LogP contribution < -0.4 is 9.20 Å². The first-order chi connectivity index (χ1) is 7.45. The van der Waals surface area contributed by atoms with Crippen LogP contribution in [-0.2, 0) is 4.79 Å². The first kappa shape index (κ1) is 14.4. The molecular formula is C10H10Cl2O2Se2. The molecule has 0 unspecified atom stereocenters. The number of rotatable bonds is 5. The van der Waals surface area contributed by atoms with Crippen molar-refractivity contribution in [3.8, 4) is 5.75 Å². The van der Waals surface area contributed by atoms with E-state index >= 15 is 0 Å². The van der Waals surface area contributed by atoms with Gasteiger partial charge in [-0.1, -0.05) is 0 Å². The number of halogens is 2. The fourth-order valence-corrected chi connectivity index (χ4v) is 8.36. The van der Waals surface area contributed by atoms with Gasteiger partial charge in [-0.25, -0.2) is 0 Å². The second-order valence-corrected chi connectivity index (χ2v) is 11.9. The summed E-state index contributed by atoms with van der Waals surface area (Å²) in [5.74, 6) is 0.646. The van der Waals surface area contributed by atoms with Gasteiger partial charge in [0.15, 0.2) is 0 Å². The number of ether oxygens (including phenoxy) is 1. The second kappa shape index (κ2) is 6.30. The van der Waals surface area contributed by atoms with E-state index in [1.54, 1.807) is 7.11 Å². The molecule has 0 aliphatic carbocycles. The number of carbonyl (C=O) groups is 1. The Morgan fingerprint density at radius 3 is 2.31 bits per heavy atom. The van der Waals surface area contributed by atoms with Crippen molar-refractivity contribution in [2.45, 2.75) is 10.2 Å². The van der Waals surface area contributed by atoms with Crippen molar-refractivity contribution in [2.24, 2.45) is 0 Å². The zero-order valence-corrected chi connectivity index (χ0v) is 13.6. The third kappa shape index (κ3) is 4.29. The van der Waals surface area contributed by atoms with Gasteiger partial charge in [-0.15, -0.1) is 0 Å². The fourth-order valence-electron chi connectivity index (χ4n) is 0.790. The van der Waals surface area contributed by atoms with Gasteiger partial charge in [0.1, 0.15) is 0 Å². The minimum absolute atomic E-state index is 0.108. The van der Waals surface area contributed by atoms with Crippen molar-refractivity contribution in [1.82, 2.24) is 0 Å². The number of methoxy groups -OCH3 is 1. The molecule has 0 spiro atoms. The van der Waals surface area contributed by atoms with E-state index in [0.29, 0.717) is 0 Å². The molecule has 0 heterocycles. The van der Waals surface area contributed by atoms with Crippen LogP contribution in [0.5, 0.6) is 5.75 Å². The molecule has 0 aliphatic rings. The zero-order valence-electron chi connectivity index (χ0n) is 8.70. The van der Waals surface area contributed by atoms with Gasteiger partial charge in [0.25, 0.3) is 0 Å². The molecule has 0 atom stereocenters. The van der Waals surface area contributed by atoms with E-state index in [2.05, 4.69) is 0 Å². The Labute approximate surface area is 116 Å². The zero-order chi connectivity index (χ0) is 12.2. The maximum absolute atomic E-state index is 11.1. The van der Waals surface area contributed by atoms with Crippen molar-refractivity contribution in [2.75, 3.05) is 7.11 Å². The van der Waals surface area contributed by atoms with Crippen LogP contribution >= 0.6 is 23.2 Å². The van der Waals surface area contributed by atoms with Crippen LogP contribution in [0, 0.1) is 0 Å². The fraction of sp³-hybridized carbons (Fsp3) is 0.300. The molecule has 0 saturated carbocycles. The number of benzene rings is 1. The summed E-state index contributed by atoms with van der Waals surface area (Å²) >= 11 is 11.9. The molecule has 0 aliphatic heterocycles. The van der Waals surface area contributed by atoms with Gasteiger partial charge in [0, 0.05) is 0 Å². The van der Waals surface area contributed by atoms with Gasteiger partial charge in [-0.2, -0.15) is 0 Å². The van der Waals surface area contributed by atoms with Crippen LogP contribution in [0.2, 0.25) is 0 Å². The summed E-state index contributed by atoms with van der Waals surface area (Å²) in [5.41, 5.74) is 0. The van der Waals surface area contributed by atoms with E-state index in [-0.39, 0.29) is 32.0 Å². The second-order valence-electron chi connectivity index (χ2n) is 2.92. The number of ketones is 1. The molecule has 0 saturated heterocycles. The molecule has 1 rings (SSSR count). The predicted molar refractivity (Wildman–Crippen MR) is 69.3 cm³/mol. The molecule has 16 heavy (non-hydrogen) atoms. The normalized spacial score (nSPS) is 11.2. The van der Waals surface area contributed by atoms with E-state index in [4.69, 9.17) is 27.9 Å². The summed E-state index contributed by atoms with van der Waals surface area (Å²) in [4.78, 5) is 11.1. The molecule has 0 bridgehead atoms. The van der Waals surface area contributed by atoms with Crippen molar-refractivity contribution >= 4 is 59.7 Å². The molecule has 1 aromatic carbocycles. The number of hydrogen-bond acceptors (Lipinski definition) is 2. The predicted octanol–water partition coefficient (Wildman–Crippen LogP) is 1.36. The average Bonchev–Trinajstić information content (AvgIpc) is 2.27. The third-order valence-electron chi connectivity index (χ3n) is 1.71. The van der Waals surface area contributed by atoms with E-state index in [9.17, 15) is 4.79 Å². The summed E-state index contributed by atoms with van der Waals surface area (Å²) < 4.78 is 5.04. The maximum atomic E-state index is 11.1. The van der Waals surface area contributed by atoms with Crippen molar-refractivity contribution < 1.29 is 9.53 Å². The van der Waals surface area contributed by atoms with Gasteiger partial charge in [-0.05, 0) is 0 Å². The summed E-state index contributed by atoms with van der Waals surface area (Å²) in [6.45, 7) is 1.42. The quantitative estimate of drug-likeness (QED) is 0.430. The molecule has 1 aromatic rings. The first-order valence-electron chi connectivity index (χ1n) is 4.34. The molecule has 0 radical (unpaired) electrons. The molecule has 0 N–H and O–H groups in total. The SMILES string of the molecule is COc1ccc([Se][Se][13C](Cl)(Cl)C(C)=O)cc1. The molecule has 88 valence electrons. The number of Topliss-reactive ketones (excluding diaryl/α,β-unsaturated/α-hetero) is 1. The van der Waals surface area contributed by atoms with Crippen LogP contribution in [0.4, 0.5) is 0 Å². The Bertz CT molecular complexity index is 366. The van der Waals surface area contributed by atoms with Crippen LogP contribution in [0.15, 0.2) is 24.3 Å². The van der Waals surface area contributed by atoms with Crippen molar-refractivity contribution in [1.29, 1.82) is 0 Å². The topological polar surface area (TPSA) is 26.3 Å². The molecule has 0 aromatic heterocycles. The molecule has 6 heteroatoms. The molecule has 0 amide bonds. The monoisotopic (exact) mass is 393 g/mol. The van der Waals surface area contributed by atoms with E-state index in [1.165, 1.54) is 11.4 Å². The van der Waals surface area contributed by atoms with Gasteiger partial charge in [0.05, 0.1) is 0 Å². The van der Waals surface area contributed by atoms with Crippen LogP contribution in [0.1, 0.15) is 6.92 Å². The standard InChI is InChI=1S/C10H10Cl2O2Se2/c1-7(13)10(11,12)16-15-9-5-3-8(14-2)4-6-9/h3-6H,1-2H3/i10+1. The Kier molecular flexibility index (Phi) is 5.66. The van der Waals surface area contributed by atoms with Crippen molar-refractivity contribution in [3.63, 3.8) is 0 Å². The van der Waals surface area contributed by atoms with Crippen LogP contribution in [0.25, 0.3) is 0 Å². The molecule has 0 fully saturated rings. The summed E-state index contributed by atoms with van der Waals surface area (Å²) in [7, 11) is 1.63. The van der Waals surface area contributed by atoms with Crippen LogP contribution in [-0.4, -0.2) is 42.4 Å². The van der Waals surface area contributed by atoms with Gasteiger partial charge >= 0.3 is 117 Å². The molecular weight excluding hydrogens is 382 g/mol. The van der Waals surface area contributed by atoms with Gasteiger partial charge in [-0.3, -0.25) is 0 Å². The Balaban J connectivity index is 2.58. The minimum atomic E-state index is -1.19. The van der Waals surface area contributed by atoms with Gasteiger partial charge in [0.2, 0.25) is 0 Å². The summed E-state index contributed by atoms with van der Waals surface area (Å²) in [6.07, 6.45) is 0. The third-order valence-corrected chi connectivity index (χ3v) is 13.1. The average molecular weight is 392 g/mol. The van der Waals surface area contributed by atoms with Crippen molar-refractivity contribution in [3.05, 3.63) is 24.3 Å². The summed E-state index contributed by atoms with van der Waals surface area (Å²) in [5, 5.41) is 0. The van der Waals surface area contributed by atoms with Crippen LogP contribution in [0.3, 0.4) is 0 Å². The number of alkyl halides is 2. The van der Waals surface area contributed by atoms with E-state index < -0.39 is 3.23 Å².